The summed E-state index contributed by atoms with van der Waals surface area (Å²) < 4.78 is 12.4. The van der Waals surface area contributed by atoms with Gasteiger partial charge in [-0.1, -0.05) is 6.92 Å². The lowest BCUT2D eigenvalue weighted by molar-refractivity contribution is 0.00578. The fourth-order valence-electron chi connectivity index (χ4n) is 3.12. The first-order valence-electron chi connectivity index (χ1n) is 6.94. The molecular formula is C13H23BN2O2. The highest BCUT2D eigenvalue weighted by Gasteiger charge is 2.62. The van der Waals surface area contributed by atoms with Crippen molar-refractivity contribution in [2.75, 3.05) is 6.54 Å². The average molecular weight is 250 g/mol. The van der Waals surface area contributed by atoms with Gasteiger partial charge in [-0.05, 0) is 40.5 Å². The maximum Gasteiger partial charge on any atom is 0.472 e. The van der Waals surface area contributed by atoms with E-state index in [-0.39, 0.29) is 23.6 Å². The van der Waals surface area contributed by atoms with Crippen LogP contribution in [-0.4, -0.2) is 42.1 Å². The molecule has 18 heavy (non-hydrogen) atoms. The minimum absolute atomic E-state index is 0.123. The predicted molar refractivity (Wildman–Crippen MR) is 72.7 cm³/mol. The Labute approximate surface area is 110 Å². The second-order valence-electron chi connectivity index (χ2n) is 7.02. The number of hydrogen-bond acceptors (Lipinski definition) is 4. The Kier molecular flexibility index (Phi) is 2.44. The number of fused-ring (bicyclic) bond motifs is 1. The number of hydrogen-bond donors (Lipinski definition) is 0. The van der Waals surface area contributed by atoms with Crippen molar-refractivity contribution in [3.05, 3.63) is 0 Å². The summed E-state index contributed by atoms with van der Waals surface area (Å²) in [6.45, 7) is 11.7. The van der Waals surface area contributed by atoms with Crippen LogP contribution in [0.15, 0.2) is 5.10 Å². The highest BCUT2D eigenvalue weighted by atomic mass is 16.7. The molecule has 0 amide bonds. The van der Waals surface area contributed by atoms with E-state index in [9.17, 15) is 0 Å². The smallest absolute Gasteiger partial charge is 0.403 e. The van der Waals surface area contributed by atoms with Crippen molar-refractivity contribution in [1.29, 1.82) is 0 Å². The van der Waals surface area contributed by atoms with E-state index in [4.69, 9.17) is 9.31 Å². The zero-order valence-electron chi connectivity index (χ0n) is 12.1. The van der Waals surface area contributed by atoms with Gasteiger partial charge in [-0.25, -0.2) is 0 Å². The average Bonchev–Trinajstić information content (AvgIpc) is 2.86. The van der Waals surface area contributed by atoms with Crippen molar-refractivity contribution < 1.29 is 9.31 Å². The molecule has 3 aliphatic heterocycles. The van der Waals surface area contributed by atoms with Crippen molar-refractivity contribution >= 4 is 13.3 Å². The molecule has 0 N–H and O–H groups in total. The van der Waals surface area contributed by atoms with Crippen molar-refractivity contribution in [2.45, 2.75) is 70.0 Å². The monoisotopic (exact) mass is 250 g/mol. The summed E-state index contributed by atoms with van der Waals surface area (Å²) in [7, 11) is -0.195. The summed E-state index contributed by atoms with van der Waals surface area (Å²) in [5, 5.41) is 6.62. The highest BCUT2D eigenvalue weighted by molar-refractivity contribution is 6.54. The van der Waals surface area contributed by atoms with Crippen LogP contribution in [0.1, 0.15) is 47.5 Å². The molecule has 2 saturated heterocycles. The number of rotatable bonds is 1. The van der Waals surface area contributed by atoms with Gasteiger partial charge >= 0.3 is 7.12 Å². The van der Waals surface area contributed by atoms with E-state index in [0.717, 1.165) is 6.54 Å². The van der Waals surface area contributed by atoms with Gasteiger partial charge in [-0.3, -0.25) is 5.01 Å². The minimum Gasteiger partial charge on any atom is -0.403 e. The molecule has 4 nitrogen and oxygen atoms in total. The van der Waals surface area contributed by atoms with Crippen molar-refractivity contribution in [2.24, 2.45) is 5.10 Å². The maximum absolute atomic E-state index is 6.22. The van der Waals surface area contributed by atoms with Crippen LogP contribution in [0.25, 0.3) is 0 Å². The van der Waals surface area contributed by atoms with E-state index in [1.807, 2.05) is 6.21 Å². The number of hydrazone groups is 1. The Morgan fingerprint density at radius 2 is 1.78 bits per heavy atom. The van der Waals surface area contributed by atoms with Crippen LogP contribution >= 0.6 is 0 Å². The molecular weight excluding hydrogens is 227 g/mol. The minimum atomic E-state index is -0.263. The Morgan fingerprint density at radius 3 is 2.39 bits per heavy atom. The third kappa shape index (κ3) is 1.50. The predicted octanol–water partition coefficient (Wildman–Crippen LogP) is 2.30. The fourth-order valence-corrected chi connectivity index (χ4v) is 3.12. The molecule has 0 bridgehead atoms. The molecule has 3 rings (SSSR count). The van der Waals surface area contributed by atoms with Crippen LogP contribution < -0.4 is 0 Å². The van der Waals surface area contributed by atoms with E-state index in [1.165, 1.54) is 12.8 Å². The van der Waals surface area contributed by atoms with E-state index < -0.39 is 0 Å². The molecule has 100 valence electrons. The van der Waals surface area contributed by atoms with Gasteiger partial charge in [0.1, 0.15) is 0 Å². The van der Waals surface area contributed by atoms with Gasteiger partial charge in [0.2, 0.25) is 0 Å². The Bertz CT molecular complexity index is 380. The zero-order chi connectivity index (χ0) is 13.2. The number of nitrogens with zero attached hydrogens (tertiary/aromatic N) is 2. The maximum atomic E-state index is 6.22. The molecule has 0 radical (unpaired) electrons. The molecule has 2 fully saturated rings. The molecule has 0 saturated carbocycles. The van der Waals surface area contributed by atoms with Crippen LogP contribution in [0.2, 0.25) is 5.31 Å². The van der Waals surface area contributed by atoms with Gasteiger partial charge in [0.15, 0.2) is 0 Å². The van der Waals surface area contributed by atoms with Crippen LogP contribution in [0.3, 0.4) is 0 Å². The third-order valence-corrected chi connectivity index (χ3v) is 5.19. The molecule has 3 heterocycles. The topological polar surface area (TPSA) is 34.1 Å². The lowest BCUT2D eigenvalue weighted by Gasteiger charge is -2.32. The second-order valence-corrected chi connectivity index (χ2v) is 7.02. The normalized spacial score (nSPS) is 40.6. The molecule has 0 aromatic rings. The van der Waals surface area contributed by atoms with Crippen LogP contribution in [-0.2, 0) is 9.31 Å². The standard InChI is InChI=1S/C13H23BN2O2/c1-11(2)12(3,4)18-14(17-11)13(5)9-15-16-8-6-7-10(13)16/h9-10H,6-8H2,1-5H3. The quantitative estimate of drug-likeness (QED) is 0.669. The second kappa shape index (κ2) is 3.51. The summed E-state index contributed by atoms with van der Waals surface area (Å²) in [5.74, 6) is 0. The third-order valence-electron chi connectivity index (χ3n) is 5.19. The van der Waals surface area contributed by atoms with Crippen LogP contribution in [0.4, 0.5) is 0 Å². The zero-order valence-corrected chi connectivity index (χ0v) is 12.1. The largest absolute Gasteiger partial charge is 0.472 e. The van der Waals surface area contributed by atoms with Crippen molar-refractivity contribution in [1.82, 2.24) is 5.01 Å². The van der Waals surface area contributed by atoms with E-state index in [1.54, 1.807) is 0 Å². The first kappa shape index (κ1) is 12.5. The molecule has 2 unspecified atom stereocenters. The van der Waals surface area contributed by atoms with E-state index >= 15 is 0 Å². The summed E-state index contributed by atoms with van der Waals surface area (Å²) in [6, 6.07) is 0.437. The first-order valence-corrected chi connectivity index (χ1v) is 6.94. The van der Waals surface area contributed by atoms with Crippen LogP contribution in [0, 0.1) is 0 Å². The van der Waals surface area contributed by atoms with Gasteiger partial charge in [0, 0.05) is 12.8 Å². The Balaban J connectivity index is 1.87. The lowest BCUT2D eigenvalue weighted by atomic mass is 9.55. The molecule has 0 aromatic heterocycles. The van der Waals surface area contributed by atoms with Gasteiger partial charge < -0.3 is 9.31 Å². The molecule has 0 spiro atoms. The Hall–Kier alpha value is -0.545. The fraction of sp³-hybridized carbons (Fsp3) is 0.923. The van der Waals surface area contributed by atoms with Gasteiger partial charge in [0.05, 0.1) is 22.6 Å². The van der Waals surface area contributed by atoms with Gasteiger partial charge in [-0.2, -0.15) is 5.10 Å². The van der Waals surface area contributed by atoms with Crippen molar-refractivity contribution in [3.63, 3.8) is 0 Å². The molecule has 5 heteroatoms. The molecule has 0 aliphatic carbocycles. The van der Waals surface area contributed by atoms with Crippen LogP contribution in [0.5, 0.6) is 0 Å². The first-order chi connectivity index (χ1) is 8.26. The van der Waals surface area contributed by atoms with Gasteiger partial charge in [-0.15, -0.1) is 0 Å². The summed E-state index contributed by atoms with van der Waals surface area (Å²) in [4.78, 5) is 0. The summed E-state index contributed by atoms with van der Waals surface area (Å²) >= 11 is 0. The molecule has 0 aromatic carbocycles. The SMILES string of the molecule is CC1(B2OC(C)(C)C(C)(C)O2)C=NN2CCCC21. The van der Waals surface area contributed by atoms with Gasteiger partial charge in [0.25, 0.3) is 0 Å². The molecule has 2 atom stereocenters. The highest BCUT2D eigenvalue weighted by Crippen LogP contribution is 2.51. The van der Waals surface area contributed by atoms with Crippen molar-refractivity contribution in [3.8, 4) is 0 Å². The van der Waals surface area contributed by atoms with E-state index in [2.05, 4.69) is 44.7 Å². The lowest BCUT2D eigenvalue weighted by Crippen LogP contribution is -2.43. The summed E-state index contributed by atoms with van der Waals surface area (Å²) in [6.07, 6.45) is 4.44. The van der Waals surface area contributed by atoms with E-state index in [0.29, 0.717) is 6.04 Å². The Morgan fingerprint density at radius 1 is 1.17 bits per heavy atom. The summed E-state index contributed by atoms with van der Waals surface area (Å²) in [5.41, 5.74) is -0.527. The molecule has 3 aliphatic rings.